The average Bonchev–Trinajstić information content (AvgIpc) is 2.57. The average molecular weight is 370 g/mol. The normalized spacial score (nSPS) is 11.3. The van der Waals surface area contributed by atoms with Gasteiger partial charge in [0.2, 0.25) is 0 Å². The highest BCUT2D eigenvalue weighted by molar-refractivity contribution is 5.94. The Morgan fingerprint density at radius 1 is 1.24 bits per heavy atom. The molecule has 5 nitrogen and oxygen atoms in total. The molecule has 0 unspecified atom stereocenters. The number of amidine groups is 1. The van der Waals surface area contributed by atoms with Crippen LogP contribution in [0.3, 0.4) is 0 Å². The lowest BCUT2D eigenvalue weighted by molar-refractivity contribution is -0.131. The van der Waals surface area contributed by atoms with Gasteiger partial charge in [0, 0.05) is 24.8 Å². The summed E-state index contributed by atoms with van der Waals surface area (Å²) in [6, 6.07) is 10.3. The van der Waals surface area contributed by atoms with Crippen LogP contribution in [0.5, 0.6) is 0 Å². The predicted molar refractivity (Wildman–Crippen MR) is 92.7 cm³/mol. The largest absolute Gasteiger partial charge is 0.384 e. The van der Waals surface area contributed by atoms with Crippen LogP contribution in [0.4, 0.5) is 8.78 Å². The third kappa shape index (κ3) is 4.98. The number of ether oxygens (including phenoxy) is 1. The van der Waals surface area contributed by atoms with Crippen LogP contribution in [-0.2, 0) is 16.1 Å². The summed E-state index contributed by atoms with van der Waals surface area (Å²) in [5.41, 5.74) is 6.54. The SMILES string of the molecule is CO[C@H](C(=O)NCc1ccc(C(=N)N)cc1)c1cccc(F)c1F.Cl. The summed E-state index contributed by atoms with van der Waals surface area (Å²) in [7, 11) is 1.25. The van der Waals surface area contributed by atoms with Crippen LogP contribution >= 0.6 is 12.4 Å². The highest BCUT2D eigenvalue weighted by atomic mass is 35.5. The van der Waals surface area contributed by atoms with Gasteiger partial charge in [0.15, 0.2) is 17.7 Å². The van der Waals surface area contributed by atoms with E-state index in [1.807, 2.05) is 0 Å². The molecule has 2 rings (SSSR count). The maximum Gasteiger partial charge on any atom is 0.254 e. The fourth-order valence-electron chi connectivity index (χ4n) is 2.18. The van der Waals surface area contributed by atoms with Crippen molar-refractivity contribution in [1.29, 1.82) is 5.41 Å². The van der Waals surface area contributed by atoms with Crippen molar-refractivity contribution in [2.45, 2.75) is 12.6 Å². The van der Waals surface area contributed by atoms with Crippen molar-refractivity contribution < 1.29 is 18.3 Å². The summed E-state index contributed by atoms with van der Waals surface area (Å²) in [5.74, 6) is -2.78. The van der Waals surface area contributed by atoms with E-state index in [1.165, 1.54) is 19.2 Å². The molecule has 0 fully saturated rings. The molecule has 0 aliphatic carbocycles. The molecule has 0 saturated carbocycles. The zero-order chi connectivity index (χ0) is 17.7. The first-order chi connectivity index (χ1) is 11.4. The lowest BCUT2D eigenvalue weighted by Crippen LogP contribution is -2.30. The van der Waals surface area contributed by atoms with E-state index in [9.17, 15) is 13.6 Å². The number of amides is 1. The minimum absolute atomic E-state index is 0. The monoisotopic (exact) mass is 369 g/mol. The molecule has 2 aromatic carbocycles. The van der Waals surface area contributed by atoms with E-state index in [-0.39, 0.29) is 30.4 Å². The first kappa shape index (κ1) is 20.5. The topological polar surface area (TPSA) is 88.2 Å². The van der Waals surface area contributed by atoms with Crippen molar-refractivity contribution in [3.63, 3.8) is 0 Å². The molecule has 2 aromatic rings. The summed E-state index contributed by atoms with van der Waals surface area (Å²) in [5, 5.41) is 9.92. The van der Waals surface area contributed by atoms with E-state index in [0.29, 0.717) is 5.56 Å². The second-order valence-corrected chi connectivity index (χ2v) is 5.09. The van der Waals surface area contributed by atoms with Crippen LogP contribution < -0.4 is 11.1 Å². The van der Waals surface area contributed by atoms with Gasteiger partial charge in [0.25, 0.3) is 5.91 Å². The van der Waals surface area contributed by atoms with Crippen LogP contribution in [-0.4, -0.2) is 18.9 Å². The highest BCUT2D eigenvalue weighted by Crippen LogP contribution is 2.22. The molecule has 0 aromatic heterocycles. The number of nitrogens with one attached hydrogen (secondary N) is 2. The smallest absolute Gasteiger partial charge is 0.254 e. The van der Waals surface area contributed by atoms with E-state index in [2.05, 4.69) is 5.32 Å². The van der Waals surface area contributed by atoms with Crippen molar-refractivity contribution in [3.8, 4) is 0 Å². The van der Waals surface area contributed by atoms with Gasteiger partial charge < -0.3 is 15.8 Å². The van der Waals surface area contributed by atoms with Gasteiger partial charge in [-0.05, 0) is 11.6 Å². The van der Waals surface area contributed by atoms with Gasteiger partial charge >= 0.3 is 0 Å². The number of nitrogens with two attached hydrogens (primary N) is 1. The number of halogens is 3. The molecule has 1 amide bonds. The number of carbonyl (C=O) groups is 1. The predicted octanol–water partition coefficient (Wildman–Crippen LogP) is 2.67. The number of carbonyl (C=O) groups excluding carboxylic acids is 1. The first-order valence-corrected chi connectivity index (χ1v) is 7.11. The maximum absolute atomic E-state index is 13.8. The minimum atomic E-state index is -1.25. The second kappa shape index (κ2) is 9.10. The summed E-state index contributed by atoms with van der Waals surface area (Å²) in [6.45, 7) is 0.174. The minimum Gasteiger partial charge on any atom is -0.384 e. The van der Waals surface area contributed by atoms with E-state index in [1.54, 1.807) is 24.3 Å². The Kier molecular flexibility index (Phi) is 7.47. The Labute approximate surface area is 150 Å². The third-order valence-corrected chi connectivity index (χ3v) is 3.47. The number of rotatable bonds is 6. The Hall–Kier alpha value is -2.51. The summed E-state index contributed by atoms with van der Waals surface area (Å²) < 4.78 is 32.1. The summed E-state index contributed by atoms with van der Waals surface area (Å²) in [4.78, 5) is 12.2. The van der Waals surface area contributed by atoms with E-state index in [4.69, 9.17) is 15.9 Å². The number of nitrogen functional groups attached to an aromatic ring is 1. The number of hydrogen-bond donors (Lipinski definition) is 3. The zero-order valence-corrected chi connectivity index (χ0v) is 14.2. The van der Waals surface area contributed by atoms with Crippen molar-refractivity contribution in [2.75, 3.05) is 7.11 Å². The molecule has 0 spiro atoms. The van der Waals surface area contributed by atoms with Gasteiger partial charge in [-0.1, -0.05) is 36.4 Å². The zero-order valence-electron chi connectivity index (χ0n) is 13.4. The molecule has 0 radical (unpaired) electrons. The Morgan fingerprint density at radius 3 is 2.44 bits per heavy atom. The molecule has 8 heteroatoms. The standard InChI is InChI=1S/C17H17F2N3O2.ClH/c1-24-15(12-3-2-4-13(18)14(12)19)17(23)22-9-10-5-7-11(8-6-10)16(20)21;/h2-8,15H,9H2,1H3,(H3,20,21)(H,22,23);1H/t15-;/m0./s1. The third-order valence-electron chi connectivity index (χ3n) is 3.47. The Morgan fingerprint density at radius 2 is 1.88 bits per heavy atom. The van der Waals surface area contributed by atoms with E-state index >= 15 is 0 Å². The lowest BCUT2D eigenvalue weighted by Gasteiger charge is -2.16. The van der Waals surface area contributed by atoms with Gasteiger partial charge in [-0.15, -0.1) is 12.4 Å². The number of hydrogen-bond acceptors (Lipinski definition) is 3. The maximum atomic E-state index is 13.8. The van der Waals surface area contributed by atoms with Gasteiger partial charge in [0.1, 0.15) is 5.84 Å². The van der Waals surface area contributed by atoms with Crippen LogP contribution in [0.1, 0.15) is 22.8 Å². The van der Waals surface area contributed by atoms with Gasteiger partial charge in [-0.25, -0.2) is 8.78 Å². The quantitative estimate of drug-likeness (QED) is 0.540. The van der Waals surface area contributed by atoms with Crippen molar-refractivity contribution in [1.82, 2.24) is 5.32 Å². The molecule has 134 valence electrons. The first-order valence-electron chi connectivity index (χ1n) is 7.11. The van der Waals surface area contributed by atoms with Gasteiger partial charge in [-0.3, -0.25) is 10.2 Å². The van der Waals surface area contributed by atoms with Gasteiger partial charge in [0.05, 0.1) is 0 Å². The van der Waals surface area contributed by atoms with Gasteiger partial charge in [-0.2, -0.15) is 0 Å². The van der Waals surface area contributed by atoms with Crippen LogP contribution in [0.15, 0.2) is 42.5 Å². The van der Waals surface area contributed by atoms with E-state index < -0.39 is 23.6 Å². The fraction of sp³-hybridized carbons (Fsp3) is 0.176. The Bertz CT molecular complexity index is 754. The highest BCUT2D eigenvalue weighted by Gasteiger charge is 2.24. The summed E-state index contributed by atoms with van der Waals surface area (Å²) in [6.07, 6.45) is -1.25. The molecule has 0 aliphatic heterocycles. The molecular weight excluding hydrogens is 352 g/mol. The molecular formula is C17H18ClF2N3O2. The Balaban J connectivity index is 0.00000312. The molecule has 25 heavy (non-hydrogen) atoms. The van der Waals surface area contributed by atoms with Crippen molar-refractivity contribution >= 4 is 24.1 Å². The molecule has 4 N–H and O–H groups in total. The molecule has 1 atom stereocenters. The molecule has 0 heterocycles. The van der Waals surface area contributed by atoms with E-state index in [0.717, 1.165) is 11.6 Å². The number of methoxy groups -OCH3 is 1. The lowest BCUT2D eigenvalue weighted by atomic mass is 10.1. The summed E-state index contributed by atoms with van der Waals surface area (Å²) >= 11 is 0. The molecule has 0 bridgehead atoms. The molecule has 0 aliphatic rings. The fourth-order valence-corrected chi connectivity index (χ4v) is 2.18. The number of benzene rings is 2. The molecule has 0 saturated heterocycles. The van der Waals surface area contributed by atoms with Crippen LogP contribution in [0.2, 0.25) is 0 Å². The van der Waals surface area contributed by atoms with Crippen LogP contribution in [0, 0.1) is 17.0 Å². The second-order valence-electron chi connectivity index (χ2n) is 5.09. The van der Waals surface area contributed by atoms with Crippen molar-refractivity contribution in [2.24, 2.45) is 5.73 Å². The van der Waals surface area contributed by atoms with Crippen molar-refractivity contribution in [3.05, 3.63) is 70.8 Å². The van der Waals surface area contributed by atoms with Crippen LogP contribution in [0.25, 0.3) is 0 Å².